The normalized spacial score (nSPS) is 10.1. The fourth-order valence-corrected chi connectivity index (χ4v) is 3.16. The smallest absolute Gasteiger partial charge is 0.252 e. The second-order valence-corrected chi connectivity index (χ2v) is 6.44. The molecule has 0 atom stereocenters. The summed E-state index contributed by atoms with van der Waals surface area (Å²) < 4.78 is 10.4. The van der Waals surface area contributed by atoms with Crippen molar-refractivity contribution in [3.8, 4) is 11.5 Å². The molecule has 0 aliphatic rings. The molecule has 0 saturated carbocycles. The van der Waals surface area contributed by atoms with Gasteiger partial charge >= 0.3 is 0 Å². The molecule has 0 aromatic heterocycles. The van der Waals surface area contributed by atoms with Gasteiger partial charge in [-0.3, -0.25) is 14.4 Å². The molecule has 0 aliphatic heterocycles. The average molecular weight is 388 g/mol. The Kier molecular flexibility index (Phi) is 7.25. The van der Waals surface area contributed by atoms with Crippen LogP contribution in [0.1, 0.15) is 27.1 Å². The van der Waals surface area contributed by atoms with Crippen LogP contribution in [0.25, 0.3) is 0 Å². The highest BCUT2D eigenvalue weighted by Crippen LogP contribution is 2.32. The molecule has 27 heavy (non-hydrogen) atoms. The lowest BCUT2D eigenvalue weighted by Crippen LogP contribution is -2.28. The number of thioether (sulfide) groups is 1. The highest BCUT2D eigenvalue weighted by molar-refractivity contribution is 8.14. The summed E-state index contributed by atoms with van der Waals surface area (Å²) in [6.45, 7) is 0.132. The van der Waals surface area contributed by atoms with E-state index in [9.17, 15) is 14.4 Å². The molecule has 7 nitrogen and oxygen atoms in total. The van der Waals surface area contributed by atoms with Gasteiger partial charge in [-0.2, -0.15) is 0 Å². The van der Waals surface area contributed by atoms with Crippen LogP contribution in [0, 0.1) is 0 Å². The van der Waals surface area contributed by atoms with Crippen LogP contribution in [0.5, 0.6) is 11.5 Å². The topological polar surface area (TPSA) is 108 Å². The monoisotopic (exact) mass is 388 g/mol. The van der Waals surface area contributed by atoms with Gasteiger partial charge in [-0.1, -0.05) is 12.1 Å². The number of carbonyl (C=O) groups excluding carboxylic acids is 3. The standard InChI is InChI=1S/C19H20N2O5S/c1-25-12-7-8-13(15(11-12)26-2)19(24)27-16-6-4-3-5-14(16)18(23)21-10-9-17(20)22/h3-8,11H,9-10H2,1-2H3,(H2,20,22)(H,21,23). The maximum absolute atomic E-state index is 12.7. The highest BCUT2D eigenvalue weighted by Gasteiger charge is 2.18. The van der Waals surface area contributed by atoms with Crippen LogP contribution in [0.3, 0.4) is 0 Å². The summed E-state index contributed by atoms with van der Waals surface area (Å²) in [4.78, 5) is 36.4. The molecule has 2 aromatic rings. The van der Waals surface area contributed by atoms with Crippen molar-refractivity contribution in [1.29, 1.82) is 0 Å². The summed E-state index contributed by atoms with van der Waals surface area (Å²) in [7, 11) is 2.99. The van der Waals surface area contributed by atoms with Crippen LogP contribution in [-0.2, 0) is 4.79 Å². The van der Waals surface area contributed by atoms with Gasteiger partial charge in [-0.05, 0) is 36.0 Å². The van der Waals surface area contributed by atoms with Crippen molar-refractivity contribution in [3.05, 3.63) is 53.6 Å². The predicted molar refractivity (Wildman–Crippen MR) is 102 cm³/mol. The first kappa shape index (κ1) is 20.3. The second kappa shape index (κ2) is 9.63. The van der Waals surface area contributed by atoms with Crippen LogP contribution in [0.4, 0.5) is 0 Å². The van der Waals surface area contributed by atoms with E-state index in [-0.39, 0.29) is 24.0 Å². The van der Waals surface area contributed by atoms with Crippen molar-refractivity contribution in [3.63, 3.8) is 0 Å². The first-order valence-corrected chi connectivity index (χ1v) is 8.87. The summed E-state index contributed by atoms with van der Waals surface area (Å²) in [5, 5.41) is 2.34. The Hall–Kier alpha value is -3.00. The van der Waals surface area contributed by atoms with E-state index in [2.05, 4.69) is 5.32 Å². The van der Waals surface area contributed by atoms with E-state index in [0.717, 1.165) is 11.8 Å². The summed E-state index contributed by atoms with van der Waals surface area (Å²) >= 11 is 0.922. The van der Waals surface area contributed by atoms with Crippen molar-refractivity contribution in [1.82, 2.24) is 5.32 Å². The molecule has 2 aromatic carbocycles. The van der Waals surface area contributed by atoms with Crippen LogP contribution in [0.15, 0.2) is 47.4 Å². The number of rotatable bonds is 8. The van der Waals surface area contributed by atoms with Crippen molar-refractivity contribution in [2.45, 2.75) is 11.3 Å². The van der Waals surface area contributed by atoms with Gasteiger partial charge in [0.2, 0.25) is 11.0 Å². The van der Waals surface area contributed by atoms with Crippen LogP contribution in [-0.4, -0.2) is 37.7 Å². The SMILES string of the molecule is COc1ccc(C(=O)Sc2ccccc2C(=O)NCCC(N)=O)c(OC)c1. The maximum Gasteiger partial charge on any atom is 0.252 e. The van der Waals surface area contributed by atoms with E-state index in [4.69, 9.17) is 15.2 Å². The van der Waals surface area contributed by atoms with Crippen LogP contribution < -0.4 is 20.5 Å². The van der Waals surface area contributed by atoms with E-state index in [1.165, 1.54) is 14.2 Å². The number of benzene rings is 2. The Morgan fingerprint density at radius 3 is 2.44 bits per heavy atom. The van der Waals surface area contributed by atoms with E-state index >= 15 is 0 Å². The van der Waals surface area contributed by atoms with Crippen molar-refractivity contribution in [2.75, 3.05) is 20.8 Å². The number of hydrogen-bond acceptors (Lipinski definition) is 6. The lowest BCUT2D eigenvalue weighted by molar-refractivity contribution is -0.117. The minimum absolute atomic E-state index is 0.0447. The third-order valence-electron chi connectivity index (χ3n) is 3.62. The first-order chi connectivity index (χ1) is 13.0. The van der Waals surface area contributed by atoms with Crippen LogP contribution in [0.2, 0.25) is 0 Å². The van der Waals surface area contributed by atoms with Crippen molar-refractivity contribution < 1.29 is 23.9 Å². The van der Waals surface area contributed by atoms with Gasteiger partial charge < -0.3 is 20.5 Å². The number of ether oxygens (including phenoxy) is 2. The van der Waals surface area contributed by atoms with Crippen LogP contribution >= 0.6 is 11.8 Å². The molecule has 2 rings (SSSR count). The van der Waals surface area contributed by atoms with E-state index < -0.39 is 5.91 Å². The number of carbonyl (C=O) groups is 3. The fraction of sp³-hybridized carbons (Fsp3) is 0.211. The quantitative estimate of drug-likeness (QED) is 0.672. The third kappa shape index (κ3) is 5.49. The van der Waals surface area contributed by atoms with Gasteiger partial charge in [-0.15, -0.1) is 0 Å². The average Bonchev–Trinajstić information content (AvgIpc) is 2.67. The lowest BCUT2D eigenvalue weighted by Gasteiger charge is -2.11. The molecule has 0 saturated heterocycles. The first-order valence-electron chi connectivity index (χ1n) is 8.06. The molecular weight excluding hydrogens is 368 g/mol. The number of nitrogens with two attached hydrogens (primary N) is 1. The lowest BCUT2D eigenvalue weighted by atomic mass is 10.2. The minimum Gasteiger partial charge on any atom is -0.497 e. The number of methoxy groups -OCH3 is 2. The molecule has 0 heterocycles. The van der Waals surface area contributed by atoms with Gasteiger partial charge in [-0.25, -0.2) is 0 Å². The van der Waals surface area contributed by atoms with Gasteiger partial charge in [0.05, 0.1) is 25.3 Å². The third-order valence-corrected chi connectivity index (χ3v) is 4.60. The summed E-state index contributed by atoms with van der Waals surface area (Å²) in [6, 6.07) is 11.6. The minimum atomic E-state index is -0.500. The molecular formula is C19H20N2O5S. The van der Waals surface area contributed by atoms with Crippen molar-refractivity contribution in [2.24, 2.45) is 5.73 Å². The molecule has 8 heteroatoms. The van der Waals surface area contributed by atoms with Gasteiger partial charge in [0.15, 0.2) is 0 Å². The number of nitrogens with one attached hydrogen (secondary N) is 1. The summed E-state index contributed by atoms with van der Waals surface area (Å²) in [6.07, 6.45) is 0.0447. The van der Waals surface area contributed by atoms with Gasteiger partial charge in [0.1, 0.15) is 11.5 Å². The number of primary amides is 1. The summed E-state index contributed by atoms with van der Waals surface area (Å²) in [5.74, 6) is 0.0754. The van der Waals surface area contributed by atoms with E-state index in [1.807, 2.05) is 0 Å². The zero-order valence-corrected chi connectivity index (χ0v) is 15.8. The second-order valence-electron chi connectivity index (χ2n) is 5.42. The Morgan fingerprint density at radius 2 is 1.78 bits per heavy atom. The Labute approximate surface area is 161 Å². The largest absolute Gasteiger partial charge is 0.497 e. The molecule has 0 radical (unpaired) electrons. The fourth-order valence-electron chi connectivity index (χ4n) is 2.26. The number of amides is 2. The molecule has 0 aliphatic carbocycles. The Morgan fingerprint density at radius 1 is 1.04 bits per heavy atom. The van der Waals surface area contributed by atoms with Crippen molar-refractivity contribution >= 4 is 28.7 Å². The summed E-state index contributed by atoms with van der Waals surface area (Å²) in [5.41, 5.74) is 5.77. The maximum atomic E-state index is 12.7. The number of hydrogen-bond donors (Lipinski definition) is 2. The zero-order chi connectivity index (χ0) is 19.8. The Balaban J connectivity index is 2.19. The van der Waals surface area contributed by atoms with Gasteiger partial charge in [0, 0.05) is 23.9 Å². The molecule has 3 N–H and O–H groups in total. The molecule has 142 valence electrons. The molecule has 2 amide bonds. The zero-order valence-electron chi connectivity index (χ0n) is 15.0. The highest BCUT2D eigenvalue weighted by atomic mass is 32.2. The molecule has 0 unspecified atom stereocenters. The predicted octanol–water partition coefficient (Wildman–Crippen LogP) is 2.24. The van der Waals surface area contributed by atoms with Gasteiger partial charge in [0.25, 0.3) is 5.91 Å². The molecule has 0 fully saturated rings. The molecule has 0 spiro atoms. The molecule has 0 bridgehead atoms. The van der Waals surface area contributed by atoms with E-state index in [1.54, 1.807) is 42.5 Å². The Bertz CT molecular complexity index is 854. The van der Waals surface area contributed by atoms with E-state index in [0.29, 0.717) is 27.5 Å².